The van der Waals surface area contributed by atoms with Crippen molar-refractivity contribution in [3.8, 4) is 0 Å². The van der Waals surface area contributed by atoms with Crippen molar-refractivity contribution in [2.75, 3.05) is 5.32 Å². The van der Waals surface area contributed by atoms with Crippen molar-refractivity contribution in [1.82, 2.24) is 14.6 Å². The summed E-state index contributed by atoms with van der Waals surface area (Å²) in [6.45, 7) is 3.29. The fourth-order valence-corrected chi connectivity index (χ4v) is 2.65. The molecule has 0 fully saturated rings. The first kappa shape index (κ1) is 17.6. The Morgan fingerprint density at radius 1 is 1.43 bits per heavy atom. The minimum atomic E-state index is -1.04. The van der Waals surface area contributed by atoms with Crippen LogP contribution in [0.25, 0.3) is 0 Å². The van der Waals surface area contributed by atoms with Crippen molar-refractivity contribution in [2.45, 2.75) is 26.4 Å². The number of aromatic nitrogens is 3. The second-order valence-corrected chi connectivity index (χ2v) is 6.02. The van der Waals surface area contributed by atoms with Crippen molar-refractivity contribution >= 4 is 52.4 Å². The molecule has 0 aliphatic carbocycles. The number of pyridine rings is 1. The molecule has 1 N–H and O–H groups in total. The fraction of sp³-hybridized carbons (Fsp3) is 0.308. The highest BCUT2D eigenvalue weighted by atomic mass is 35.5. The lowest BCUT2D eigenvalue weighted by atomic mass is 10.3. The molecule has 0 spiro atoms. The van der Waals surface area contributed by atoms with Crippen LogP contribution in [0.5, 0.6) is 0 Å². The lowest BCUT2D eigenvalue weighted by Gasteiger charge is -2.13. The Hall–Kier alpha value is -1.77. The molecule has 1 atom stereocenters. The molecule has 1 amide bonds. The zero-order valence-electron chi connectivity index (χ0n) is 12.2. The van der Waals surface area contributed by atoms with Crippen LogP contribution in [0, 0.1) is 0 Å². The average molecular weight is 375 g/mol. The standard InChI is InChI=1S/C13H12Cl2N4O3S/c1-3-9-10(23-19-18-9)13(21)22-6(2)12(20)17-11-8(15)4-7(14)5-16-11/h4-6H,3H2,1-2H3,(H,16,17,20)/t6-/m1/s1. The van der Waals surface area contributed by atoms with Crippen LogP contribution in [0.3, 0.4) is 0 Å². The molecule has 2 aromatic heterocycles. The molecule has 0 saturated heterocycles. The van der Waals surface area contributed by atoms with E-state index < -0.39 is 18.0 Å². The third-order valence-corrected chi connectivity index (χ3v) is 4.02. The lowest BCUT2D eigenvalue weighted by molar-refractivity contribution is -0.123. The number of nitrogens with zero attached hydrogens (tertiary/aromatic N) is 3. The van der Waals surface area contributed by atoms with Crippen molar-refractivity contribution in [2.24, 2.45) is 0 Å². The summed E-state index contributed by atoms with van der Waals surface area (Å²) in [5.74, 6) is -1.07. The fourth-order valence-electron chi connectivity index (χ4n) is 1.59. The van der Waals surface area contributed by atoms with E-state index in [4.69, 9.17) is 27.9 Å². The van der Waals surface area contributed by atoms with Crippen LogP contribution in [0.2, 0.25) is 10.0 Å². The van der Waals surface area contributed by atoms with E-state index in [0.717, 1.165) is 11.5 Å². The van der Waals surface area contributed by atoms with Crippen molar-refractivity contribution in [1.29, 1.82) is 0 Å². The minimum Gasteiger partial charge on any atom is -0.448 e. The predicted octanol–water partition coefficient (Wildman–Crippen LogP) is 2.99. The van der Waals surface area contributed by atoms with Crippen LogP contribution in [0.1, 0.15) is 29.2 Å². The molecule has 7 nitrogen and oxygen atoms in total. The Kier molecular flexibility index (Phi) is 5.86. The Labute approximate surface area is 146 Å². The molecule has 2 heterocycles. The van der Waals surface area contributed by atoms with Gasteiger partial charge in [0, 0.05) is 6.20 Å². The number of anilines is 1. The van der Waals surface area contributed by atoms with Gasteiger partial charge >= 0.3 is 5.97 Å². The highest BCUT2D eigenvalue weighted by Crippen LogP contribution is 2.23. The molecule has 0 unspecified atom stereocenters. The number of hydrogen-bond acceptors (Lipinski definition) is 7. The van der Waals surface area contributed by atoms with Crippen LogP contribution in [0.4, 0.5) is 5.82 Å². The van der Waals surface area contributed by atoms with Gasteiger partial charge in [0.2, 0.25) is 0 Å². The second-order valence-electron chi connectivity index (χ2n) is 4.42. The van der Waals surface area contributed by atoms with Gasteiger partial charge in [0.1, 0.15) is 0 Å². The molecule has 0 aliphatic rings. The van der Waals surface area contributed by atoms with E-state index in [1.165, 1.54) is 19.2 Å². The summed E-state index contributed by atoms with van der Waals surface area (Å²) in [6, 6.07) is 1.44. The van der Waals surface area contributed by atoms with Crippen molar-refractivity contribution in [3.05, 3.63) is 32.9 Å². The highest BCUT2D eigenvalue weighted by Gasteiger charge is 2.23. The number of rotatable bonds is 5. The van der Waals surface area contributed by atoms with Gasteiger partial charge in [-0.1, -0.05) is 34.6 Å². The van der Waals surface area contributed by atoms with Gasteiger partial charge in [-0.15, -0.1) is 5.10 Å². The summed E-state index contributed by atoms with van der Waals surface area (Å²) in [5, 5.41) is 6.82. The minimum absolute atomic E-state index is 0.137. The third-order valence-electron chi connectivity index (χ3n) is 2.78. The van der Waals surface area contributed by atoms with Gasteiger partial charge in [0.15, 0.2) is 16.8 Å². The topological polar surface area (TPSA) is 94.1 Å². The van der Waals surface area contributed by atoms with Crippen molar-refractivity contribution in [3.63, 3.8) is 0 Å². The molecule has 0 radical (unpaired) electrons. The smallest absolute Gasteiger partial charge is 0.352 e. The largest absolute Gasteiger partial charge is 0.448 e. The second kappa shape index (κ2) is 7.67. The Bertz CT molecular complexity index is 738. The monoisotopic (exact) mass is 374 g/mol. The number of hydrogen-bond donors (Lipinski definition) is 1. The van der Waals surface area contributed by atoms with Gasteiger partial charge in [-0.2, -0.15) is 0 Å². The van der Waals surface area contributed by atoms with Crippen LogP contribution < -0.4 is 5.32 Å². The third kappa shape index (κ3) is 4.37. The molecular weight excluding hydrogens is 363 g/mol. The van der Waals surface area contributed by atoms with Crippen LogP contribution >= 0.6 is 34.7 Å². The van der Waals surface area contributed by atoms with E-state index in [-0.39, 0.29) is 15.7 Å². The molecular formula is C13H12Cl2N4O3S. The Balaban J connectivity index is 2.01. The average Bonchev–Trinajstić information content (AvgIpc) is 2.98. The molecule has 2 aromatic rings. The van der Waals surface area contributed by atoms with Gasteiger partial charge in [0.25, 0.3) is 5.91 Å². The van der Waals surface area contributed by atoms with Gasteiger partial charge in [-0.3, -0.25) is 4.79 Å². The first-order valence-electron chi connectivity index (χ1n) is 6.56. The van der Waals surface area contributed by atoms with Crippen LogP contribution in [-0.2, 0) is 16.0 Å². The molecule has 0 bridgehead atoms. The maximum atomic E-state index is 12.1. The summed E-state index contributed by atoms with van der Waals surface area (Å²) in [6.07, 6.45) is 0.852. The van der Waals surface area contributed by atoms with E-state index in [1.807, 2.05) is 6.92 Å². The molecule has 23 heavy (non-hydrogen) atoms. The Morgan fingerprint density at radius 3 is 2.83 bits per heavy atom. The molecule has 0 saturated carbocycles. The predicted molar refractivity (Wildman–Crippen MR) is 87.1 cm³/mol. The summed E-state index contributed by atoms with van der Waals surface area (Å²) in [7, 11) is 0. The maximum absolute atomic E-state index is 12.1. The first-order valence-corrected chi connectivity index (χ1v) is 8.09. The maximum Gasteiger partial charge on any atom is 0.352 e. The molecule has 2 rings (SSSR count). The Morgan fingerprint density at radius 2 is 2.17 bits per heavy atom. The number of esters is 1. The van der Waals surface area contributed by atoms with Gasteiger partial charge in [-0.05, 0) is 30.9 Å². The van der Waals surface area contributed by atoms with Gasteiger partial charge in [-0.25, -0.2) is 9.78 Å². The summed E-state index contributed by atoms with van der Waals surface area (Å²) >= 11 is 12.6. The molecule has 122 valence electrons. The highest BCUT2D eigenvalue weighted by molar-refractivity contribution is 7.07. The van der Waals surface area contributed by atoms with E-state index in [9.17, 15) is 9.59 Å². The van der Waals surface area contributed by atoms with E-state index >= 15 is 0 Å². The van der Waals surface area contributed by atoms with Crippen molar-refractivity contribution < 1.29 is 14.3 Å². The van der Waals surface area contributed by atoms with E-state index in [0.29, 0.717) is 17.1 Å². The number of carbonyl (C=O) groups is 2. The summed E-state index contributed by atoms with van der Waals surface area (Å²) in [4.78, 5) is 28.3. The number of carbonyl (C=O) groups excluding carboxylic acids is 2. The number of amides is 1. The SMILES string of the molecule is CCc1nnsc1C(=O)O[C@H](C)C(=O)Nc1ncc(Cl)cc1Cl. The number of ether oxygens (including phenoxy) is 1. The van der Waals surface area contributed by atoms with Gasteiger partial charge < -0.3 is 10.1 Å². The normalized spacial score (nSPS) is 11.8. The summed E-state index contributed by atoms with van der Waals surface area (Å²) < 4.78 is 8.82. The number of halogens is 2. The zero-order chi connectivity index (χ0) is 17.0. The number of nitrogens with one attached hydrogen (secondary N) is 1. The van der Waals surface area contributed by atoms with E-state index in [1.54, 1.807) is 0 Å². The first-order chi connectivity index (χ1) is 10.9. The quantitative estimate of drug-likeness (QED) is 0.808. The molecule has 0 aliphatic heterocycles. The number of aryl methyl sites for hydroxylation is 1. The lowest BCUT2D eigenvalue weighted by Crippen LogP contribution is -2.30. The molecule has 0 aromatic carbocycles. The van der Waals surface area contributed by atoms with E-state index in [2.05, 4.69) is 19.9 Å². The molecule has 10 heteroatoms. The van der Waals surface area contributed by atoms with Crippen LogP contribution in [-0.4, -0.2) is 32.6 Å². The summed E-state index contributed by atoms with van der Waals surface area (Å²) in [5.41, 5.74) is 0.537. The zero-order valence-corrected chi connectivity index (χ0v) is 14.5. The van der Waals surface area contributed by atoms with Crippen LogP contribution in [0.15, 0.2) is 12.3 Å². The van der Waals surface area contributed by atoms with Gasteiger partial charge in [0.05, 0.1) is 15.7 Å².